The lowest BCUT2D eigenvalue weighted by atomic mass is 10.2. The minimum absolute atomic E-state index is 0.0242. The number of hydrogen-bond acceptors (Lipinski definition) is 5. The molecule has 0 N–H and O–H groups in total. The molecule has 0 aromatic carbocycles. The van der Waals surface area contributed by atoms with Gasteiger partial charge in [-0.3, -0.25) is 9.69 Å². The number of carbonyl (C=O) groups is 1. The van der Waals surface area contributed by atoms with Crippen molar-refractivity contribution in [2.45, 2.75) is 32.7 Å². The standard InChI is InChI=1S/C11H18N4O2/c1-7(2)10-12-11(17-13-10)8(3)15-5-9(16)14(4)6-15/h7-8H,5-6H2,1-4H3. The predicted octanol–water partition coefficient (Wildman–Crippen LogP) is 0.986. The van der Waals surface area contributed by atoms with E-state index in [1.165, 1.54) is 0 Å². The zero-order chi connectivity index (χ0) is 12.6. The Labute approximate surface area is 101 Å². The molecule has 2 rings (SSSR count). The second kappa shape index (κ2) is 4.44. The summed E-state index contributed by atoms with van der Waals surface area (Å²) in [5, 5.41) is 3.93. The lowest BCUT2D eigenvalue weighted by molar-refractivity contribution is -0.125. The normalized spacial score (nSPS) is 19.4. The molecule has 6 nitrogen and oxygen atoms in total. The van der Waals surface area contributed by atoms with Crippen LogP contribution in [0.4, 0.5) is 0 Å². The van der Waals surface area contributed by atoms with Gasteiger partial charge in [-0.2, -0.15) is 4.98 Å². The van der Waals surface area contributed by atoms with Crippen molar-refractivity contribution in [1.29, 1.82) is 0 Å². The monoisotopic (exact) mass is 238 g/mol. The molecule has 2 heterocycles. The van der Waals surface area contributed by atoms with Gasteiger partial charge in [-0.05, 0) is 6.92 Å². The fraction of sp³-hybridized carbons (Fsp3) is 0.727. The first-order valence-corrected chi connectivity index (χ1v) is 5.80. The van der Waals surface area contributed by atoms with Crippen LogP contribution in [-0.4, -0.2) is 46.1 Å². The highest BCUT2D eigenvalue weighted by Gasteiger charge is 2.31. The number of hydrogen-bond donors (Lipinski definition) is 0. The van der Waals surface area contributed by atoms with Crippen LogP contribution in [0.15, 0.2) is 4.52 Å². The first-order valence-electron chi connectivity index (χ1n) is 5.80. The molecule has 0 bridgehead atoms. The molecule has 1 saturated heterocycles. The predicted molar refractivity (Wildman–Crippen MR) is 61.1 cm³/mol. The van der Waals surface area contributed by atoms with Crippen LogP contribution in [0, 0.1) is 0 Å². The highest BCUT2D eigenvalue weighted by Crippen LogP contribution is 2.22. The summed E-state index contributed by atoms with van der Waals surface area (Å²) in [7, 11) is 1.79. The van der Waals surface area contributed by atoms with Gasteiger partial charge in [-0.1, -0.05) is 19.0 Å². The Balaban J connectivity index is 2.09. The van der Waals surface area contributed by atoms with E-state index in [0.717, 1.165) is 0 Å². The van der Waals surface area contributed by atoms with Gasteiger partial charge in [0.15, 0.2) is 5.82 Å². The molecule has 94 valence electrons. The molecule has 6 heteroatoms. The van der Waals surface area contributed by atoms with Crippen molar-refractivity contribution in [3.8, 4) is 0 Å². The van der Waals surface area contributed by atoms with Crippen LogP contribution in [0.5, 0.6) is 0 Å². The molecule has 1 aromatic heterocycles. The fourth-order valence-corrected chi connectivity index (χ4v) is 1.76. The lowest BCUT2D eigenvalue weighted by Crippen LogP contribution is -2.26. The topological polar surface area (TPSA) is 62.5 Å². The van der Waals surface area contributed by atoms with Crippen molar-refractivity contribution in [3.63, 3.8) is 0 Å². The summed E-state index contributed by atoms with van der Waals surface area (Å²) in [6.07, 6.45) is 0. The summed E-state index contributed by atoms with van der Waals surface area (Å²) in [5.41, 5.74) is 0. The van der Waals surface area contributed by atoms with Crippen molar-refractivity contribution in [3.05, 3.63) is 11.7 Å². The number of aromatic nitrogens is 2. The molecule has 1 fully saturated rings. The molecule has 0 spiro atoms. The van der Waals surface area contributed by atoms with E-state index in [1.807, 2.05) is 25.7 Å². The Morgan fingerprint density at radius 1 is 1.35 bits per heavy atom. The van der Waals surface area contributed by atoms with Crippen LogP contribution < -0.4 is 0 Å². The summed E-state index contributed by atoms with van der Waals surface area (Å²) < 4.78 is 5.24. The van der Waals surface area contributed by atoms with E-state index >= 15 is 0 Å². The van der Waals surface area contributed by atoms with E-state index in [9.17, 15) is 4.79 Å². The molecule has 0 saturated carbocycles. The molecule has 0 aliphatic carbocycles. The Hall–Kier alpha value is -1.43. The van der Waals surface area contributed by atoms with Gasteiger partial charge in [-0.15, -0.1) is 0 Å². The molecule has 1 aliphatic heterocycles. The number of carbonyl (C=O) groups excluding carboxylic acids is 1. The Bertz CT molecular complexity index is 415. The zero-order valence-corrected chi connectivity index (χ0v) is 10.7. The summed E-state index contributed by atoms with van der Waals surface area (Å²) in [6, 6.07) is -0.0242. The van der Waals surface area contributed by atoms with Crippen LogP contribution in [-0.2, 0) is 4.79 Å². The number of rotatable bonds is 3. The summed E-state index contributed by atoms with van der Waals surface area (Å²) in [6.45, 7) is 7.04. The van der Waals surface area contributed by atoms with Crippen molar-refractivity contribution in [1.82, 2.24) is 19.9 Å². The highest BCUT2D eigenvalue weighted by molar-refractivity contribution is 5.79. The molecule has 1 unspecified atom stereocenters. The summed E-state index contributed by atoms with van der Waals surface area (Å²) in [4.78, 5) is 19.5. The zero-order valence-electron chi connectivity index (χ0n) is 10.7. The van der Waals surface area contributed by atoms with Gasteiger partial charge in [-0.25, -0.2) is 0 Å². The average molecular weight is 238 g/mol. The van der Waals surface area contributed by atoms with Crippen LogP contribution in [0.2, 0.25) is 0 Å². The maximum absolute atomic E-state index is 11.5. The van der Waals surface area contributed by atoms with Gasteiger partial charge in [0.2, 0.25) is 11.8 Å². The van der Waals surface area contributed by atoms with E-state index in [-0.39, 0.29) is 17.9 Å². The van der Waals surface area contributed by atoms with Gasteiger partial charge in [0.1, 0.15) is 0 Å². The fourth-order valence-electron chi connectivity index (χ4n) is 1.76. The van der Waals surface area contributed by atoms with Gasteiger partial charge < -0.3 is 9.42 Å². The molecule has 1 atom stereocenters. The van der Waals surface area contributed by atoms with E-state index in [4.69, 9.17) is 4.52 Å². The smallest absolute Gasteiger partial charge is 0.243 e. The van der Waals surface area contributed by atoms with Crippen LogP contribution >= 0.6 is 0 Å². The van der Waals surface area contributed by atoms with Crippen LogP contribution in [0.3, 0.4) is 0 Å². The largest absolute Gasteiger partial charge is 0.338 e. The Kier molecular flexibility index (Phi) is 3.15. The highest BCUT2D eigenvalue weighted by atomic mass is 16.5. The van der Waals surface area contributed by atoms with Crippen molar-refractivity contribution in [2.24, 2.45) is 0 Å². The second-order valence-electron chi connectivity index (χ2n) is 4.80. The molecule has 1 amide bonds. The number of nitrogens with zero attached hydrogens (tertiary/aromatic N) is 4. The van der Waals surface area contributed by atoms with Crippen LogP contribution in [0.1, 0.15) is 44.4 Å². The van der Waals surface area contributed by atoms with Gasteiger partial charge >= 0.3 is 0 Å². The van der Waals surface area contributed by atoms with E-state index in [1.54, 1.807) is 11.9 Å². The maximum atomic E-state index is 11.5. The minimum atomic E-state index is -0.0242. The molecule has 0 radical (unpaired) electrons. The molecule has 17 heavy (non-hydrogen) atoms. The third kappa shape index (κ3) is 2.31. The lowest BCUT2D eigenvalue weighted by Gasteiger charge is -2.19. The number of likely N-dealkylation sites (N-methyl/N-ethyl adjacent to an activating group) is 1. The van der Waals surface area contributed by atoms with Gasteiger partial charge in [0, 0.05) is 13.0 Å². The summed E-state index contributed by atoms with van der Waals surface area (Å²) in [5.74, 6) is 1.67. The number of amides is 1. The van der Waals surface area contributed by atoms with E-state index in [2.05, 4.69) is 10.1 Å². The van der Waals surface area contributed by atoms with Crippen molar-refractivity contribution >= 4 is 5.91 Å². The first kappa shape index (κ1) is 12.0. The van der Waals surface area contributed by atoms with Gasteiger partial charge in [0.25, 0.3) is 0 Å². The molecular formula is C11H18N4O2. The SMILES string of the molecule is CC(C)c1noc(C(C)N2CC(=O)N(C)C2)n1. The van der Waals surface area contributed by atoms with Gasteiger partial charge in [0.05, 0.1) is 19.3 Å². The maximum Gasteiger partial charge on any atom is 0.243 e. The Morgan fingerprint density at radius 3 is 2.53 bits per heavy atom. The molecule has 1 aliphatic rings. The third-order valence-corrected chi connectivity index (χ3v) is 3.04. The van der Waals surface area contributed by atoms with E-state index in [0.29, 0.717) is 24.9 Å². The average Bonchev–Trinajstić information content (AvgIpc) is 2.86. The quantitative estimate of drug-likeness (QED) is 0.785. The van der Waals surface area contributed by atoms with Crippen molar-refractivity contribution < 1.29 is 9.32 Å². The second-order valence-corrected chi connectivity index (χ2v) is 4.80. The van der Waals surface area contributed by atoms with Crippen molar-refractivity contribution in [2.75, 3.05) is 20.3 Å². The third-order valence-electron chi connectivity index (χ3n) is 3.04. The Morgan fingerprint density at radius 2 is 2.06 bits per heavy atom. The van der Waals surface area contributed by atoms with E-state index < -0.39 is 0 Å². The molecule has 1 aromatic rings. The molecular weight excluding hydrogens is 220 g/mol. The minimum Gasteiger partial charge on any atom is -0.338 e. The van der Waals surface area contributed by atoms with Crippen LogP contribution in [0.25, 0.3) is 0 Å². The first-order chi connectivity index (χ1) is 7.99. The summed E-state index contributed by atoms with van der Waals surface area (Å²) >= 11 is 0.